The van der Waals surface area contributed by atoms with Crippen LogP contribution in [0.1, 0.15) is 31.4 Å². The first-order valence-corrected chi connectivity index (χ1v) is 11.1. The number of halogens is 1. The van der Waals surface area contributed by atoms with E-state index in [4.69, 9.17) is 21.1 Å². The maximum absolute atomic E-state index is 13.3. The Labute approximate surface area is 194 Å². The van der Waals surface area contributed by atoms with Gasteiger partial charge in [0.1, 0.15) is 11.4 Å². The average Bonchev–Trinajstić information content (AvgIpc) is 2.99. The van der Waals surface area contributed by atoms with Crippen molar-refractivity contribution in [3.8, 4) is 5.75 Å². The minimum atomic E-state index is -0.361. The largest absolute Gasteiger partial charge is 0.493 e. The minimum absolute atomic E-state index is 0.244. The monoisotopic (exact) mass is 456 g/mol. The van der Waals surface area contributed by atoms with Crippen LogP contribution in [0.5, 0.6) is 5.75 Å². The molecule has 0 fully saturated rings. The summed E-state index contributed by atoms with van der Waals surface area (Å²) < 4.78 is 10.8. The highest BCUT2D eigenvalue weighted by Gasteiger charge is 2.39. The number of methoxy groups -OCH3 is 1. The number of nitrogens with one attached hydrogen (secondary N) is 1. The number of imide groups is 1. The number of anilines is 1. The number of rotatable bonds is 10. The first-order chi connectivity index (χ1) is 15.3. The molecule has 2 aromatic rings. The van der Waals surface area contributed by atoms with E-state index in [-0.39, 0.29) is 24.1 Å². The van der Waals surface area contributed by atoms with Crippen LogP contribution < -0.4 is 10.1 Å². The SMILES string of the molecule is COCCCN1C(=O)C(Nc2cc(Cl)ccc2C)=C(c2ccc(OCC(C)C)cc2)C1=O. The first-order valence-electron chi connectivity index (χ1n) is 10.7. The molecule has 170 valence electrons. The molecule has 2 aromatic carbocycles. The fourth-order valence-corrected chi connectivity index (χ4v) is 3.55. The molecule has 32 heavy (non-hydrogen) atoms. The predicted molar refractivity (Wildman–Crippen MR) is 127 cm³/mol. The summed E-state index contributed by atoms with van der Waals surface area (Å²) in [6.45, 7) is 7.42. The van der Waals surface area contributed by atoms with Crippen molar-refractivity contribution in [3.63, 3.8) is 0 Å². The number of ether oxygens (including phenoxy) is 2. The molecular weight excluding hydrogens is 428 g/mol. The predicted octanol–water partition coefficient (Wildman–Crippen LogP) is 4.91. The molecule has 0 saturated heterocycles. The molecule has 1 heterocycles. The van der Waals surface area contributed by atoms with Gasteiger partial charge in [-0.3, -0.25) is 14.5 Å². The second-order valence-electron chi connectivity index (χ2n) is 8.17. The molecule has 7 heteroatoms. The van der Waals surface area contributed by atoms with E-state index in [2.05, 4.69) is 19.2 Å². The maximum atomic E-state index is 13.3. The van der Waals surface area contributed by atoms with E-state index in [0.29, 0.717) is 47.4 Å². The summed E-state index contributed by atoms with van der Waals surface area (Å²) in [6.07, 6.45) is 0.562. The lowest BCUT2D eigenvalue weighted by atomic mass is 10.0. The molecule has 0 aromatic heterocycles. The van der Waals surface area contributed by atoms with Gasteiger partial charge >= 0.3 is 0 Å². The van der Waals surface area contributed by atoms with Crippen molar-refractivity contribution in [2.45, 2.75) is 27.2 Å². The van der Waals surface area contributed by atoms with E-state index in [9.17, 15) is 9.59 Å². The third-order valence-corrected chi connectivity index (χ3v) is 5.32. The summed E-state index contributed by atoms with van der Waals surface area (Å²) in [5, 5.41) is 3.72. The van der Waals surface area contributed by atoms with Gasteiger partial charge in [0.2, 0.25) is 0 Å². The Hall–Kier alpha value is -2.83. The van der Waals surface area contributed by atoms with Crippen molar-refractivity contribution in [1.82, 2.24) is 4.90 Å². The molecule has 2 amide bonds. The van der Waals surface area contributed by atoms with Crippen LogP contribution in [0.25, 0.3) is 5.57 Å². The van der Waals surface area contributed by atoms with Crippen molar-refractivity contribution in [1.29, 1.82) is 0 Å². The van der Waals surface area contributed by atoms with Crippen molar-refractivity contribution in [3.05, 3.63) is 64.3 Å². The normalized spacial score (nSPS) is 14.0. The number of amides is 2. The Morgan fingerprint density at radius 2 is 1.78 bits per heavy atom. The van der Waals surface area contributed by atoms with E-state index in [1.807, 2.05) is 25.1 Å². The average molecular weight is 457 g/mol. The highest BCUT2D eigenvalue weighted by Crippen LogP contribution is 2.33. The summed E-state index contributed by atoms with van der Waals surface area (Å²) in [5.74, 6) is 0.436. The molecule has 3 rings (SSSR count). The van der Waals surface area contributed by atoms with Gasteiger partial charge in [0.15, 0.2) is 0 Å². The Kier molecular flexibility index (Phi) is 7.94. The van der Waals surface area contributed by atoms with Crippen LogP contribution >= 0.6 is 11.6 Å². The van der Waals surface area contributed by atoms with Crippen LogP contribution in [0.3, 0.4) is 0 Å². The Balaban J connectivity index is 1.96. The molecule has 6 nitrogen and oxygen atoms in total. The number of hydrogen-bond acceptors (Lipinski definition) is 5. The topological polar surface area (TPSA) is 67.9 Å². The van der Waals surface area contributed by atoms with Crippen molar-refractivity contribution in [2.75, 3.05) is 32.2 Å². The molecule has 1 aliphatic heterocycles. The lowest BCUT2D eigenvalue weighted by Gasteiger charge is -2.15. The fraction of sp³-hybridized carbons (Fsp3) is 0.360. The Morgan fingerprint density at radius 3 is 2.44 bits per heavy atom. The quantitative estimate of drug-likeness (QED) is 0.406. The summed E-state index contributed by atoms with van der Waals surface area (Å²) >= 11 is 6.16. The standard InChI is InChI=1S/C25H29ClN2O4/c1-16(2)15-32-20-10-7-18(8-11-20)22-23(27-21-14-19(26)9-6-17(21)3)25(30)28(24(22)29)12-5-13-31-4/h6-11,14,16,27H,5,12-13,15H2,1-4H3. The molecule has 0 unspecified atom stereocenters. The summed E-state index contributed by atoms with van der Waals surface area (Å²) in [7, 11) is 1.59. The molecule has 0 bridgehead atoms. The number of carbonyl (C=O) groups is 2. The van der Waals surface area contributed by atoms with Gasteiger partial charge in [-0.15, -0.1) is 0 Å². The van der Waals surface area contributed by atoms with Crippen LogP contribution in [0.4, 0.5) is 5.69 Å². The van der Waals surface area contributed by atoms with Gasteiger partial charge in [0, 0.05) is 31.0 Å². The van der Waals surface area contributed by atoms with Crippen molar-refractivity contribution < 1.29 is 19.1 Å². The summed E-state index contributed by atoms with van der Waals surface area (Å²) in [4.78, 5) is 27.8. The van der Waals surface area contributed by atoms with E-state index in [1.165, 1.54) is 4.90 Å². The zero-order valence-corrected chi connectivity index (χ0v) is 19.7. The Bertz CT molecular complexity index is 1020. The first kappa shape index (κ1) is 23.8. The molecule has 0 atom stereocenters. The van der Waals surface area contributed by atoms with Gasteiger partial charge in [-0.25, -0.2) is 0 Å². The fourth-order valence-electron chi connectivity index (χ4n) is 3.37. The van der Waals surface area contributed by atoms with Gasteiger partial charge in [-0.2, -0.15) is 0 Å². The molecular formula is C25H29ClN2O4. The van der Waals surface area contributed by atoms with Gasteiger partial charge in [-0.05, 0) is 54.7 Å². The van der Waals surface area contributed by atoms with Crippen LogP contribution in [0.15, 0.2) is 48.2 Å². The van der Waals surface area contributed by atoms with E-state index >= 15 is 0 Å². The summed E-state index contributed by atoms with van der Waals surface area (Å²) in [6, 6.07) is 12.6. The van der Waals surface area contributed by atoms with Gasteiger partial charge in [0.05, 0.1) is 12.2 Å². The number of hydrogen-bond donors (Lipinski definition) is 1. The van der Waals surface area contributed by atoms with Crippen LogP contribution in [-0.2, 0) is 14.3 Å². The zero-order valence-electron chi connectivity index (χ0n) is 18.9. The molecule has 0 aliphatic carbocycles. The summed E-state index contributed by atoms with van der Waals surface area (Å²) in [5.41, 5.74) is 2.83. The number of nitrogens with zero attached hydrogens (tertiary/aromatic N) is 1. The lowest BCUT2D eigenvalue weighted by Crippen LogP contribution is -2.34. The minimum Gasteiger partial charge on any atom is -0.493 e. The lowest BCUT2D eigenvalue weighted by molar-refractivity contribution is -0.136. The zero-order chi connectivity index (χ0) is 23.3. The molecule has 1 aliphatic rings. The molecule has 1 N–H and O–H groups in total. The second-order valence-corrected chi connectivity index (χ2v) is 8.61. The van der Waals surface area contributed by atoms with Gasteiger partial charge in [-0.1, -0.05) is 43.6 Å². The second kappa shape index (κ2) is 10.7. The number of aryl methyl sites for hydroxylation is 1. The smallest absolute Gasteiger partial charge is 0.278 e. The van der Waals surface area contributed by atoms with Crippen LogP contribution in [0.2, 0.25) is 5.02 Å². The third kappa shape index (κ3) is 5.50. The van der Waals surface area contributed by atoms with E-state index in [1.54, 1.807) is 31.4 Å². The van der Waals surface area contributed by atoms with E-state index in [0.717, 1.165) is 11.3 Å². The molecule has 0 spiro atoms. The van der Waals surface area contributed by atoms with Crippen LogP contribution in [-0.4, -0.2) is 43.6 Å². The van der Waals surface area contributed by atoms with E-state index < -0.39 is 0 Å². The molecule has 0 radical (unpaired) electrons. The van der Waals surface area contributed by atoms with Crippen LogP contribution in [0, 0.1) is 12.8 Å². The highest BCUT2D eigenvalue weighted by atomic mass is 35.5. The Morgan fingerprint density at radius 1 is 1.06 bits per heavy atom. The third-order valence-electron chi connectivity index (χ3n) is 5.08. The van der Waals surface area contributed by atoms with Gasteiger partial charge < -0.3 is 14.8 Å². The van der Waals surface area contributed by atoms with Crippen molar-refractivity contribution in [2.24, 2.45) is 5.92 Å². The van der Waals surface area contributed by atoms with Gasteiger partial charge in [0.25, 0.3) is 11.8 Å². The van der Waals surface area contributed by atoms with Crippen molar-refractivity contribution >= 4 is 34.7 Å². The number of benzene rings is 2. The molecule has 0 saturated carbocycles. The number of carbonyl (C=O) groups excluding carboxylic acids is 2. The highest BCUT2D eigenvalue weighted by molar-refractivity contribution is 6.36. The maximum Gasteiger partial charge on any atom is 0.278 e.